The van der Waals surface area contributed by atoms with Gasteiger partial charge >= 0.3 is 0 Å². The van der Waals surface area contributed by atoms with Crippen molar-refractivity contribution < 1.29 is 17.9 Å². The number of carbonyl (C=O) groups is 1. The Bertz CT molecular complexity index is 1050. The molecular weight excluding hydrogens is 422 g/mol. The number of rotatable bonds is 8. The maximum absolute atomic E-state index is 12.8. The van der Waals surface area contributed by atoms with E-state index in [0.29, 0.717) is 17.7 Å². The molecule has 0 spiro atoms. The van der Waals surface area contributed by atoms with Gasteiger partial charge in [0.05, 0.1) is 24.1 Å². The molecule has 2 heterocycles. The van der Waals surface area contributed by atoms with Gasteiger partial charge in [-0.15, -0.1) is 0 Å². The van der Waals surface area contributed by atoms with Crippen molar-refractivity contribution in [2.75, 3.05) is 44.1 Å². The molecule has 0 aliphatic carbocycles. The van der Waals surface area contributed by atoms with E-state index < -0.39 is 15.9 Å². The molecule has 1 amide bonds. The van der Waals surface area contributed by atoms with E-state index in [0.717, 1.165) is 25.9 Å². The third-order valence-corrected chi connectivity index (χ3v) is 6.26. The first-order valence-electron chi connectivity index (χ1n) is 9.86. The summed E-state index contributed by atoms with van der Waals surface area (Å²) in [6, 6.07) is 3.91. The lowest BCUT2D eigenvalue weighted by Crippen LogP contribution is -2.33. The van der Waals surface area contributed by atoms with Gasteiger partial charge in [0.25, 0.3) is 5.91 Å². The average Bonchev–Trinajstić information content (AvgIpc) is 2.77. The summed E-state index contributed by atoms with van der Waals surface area (Å²) in [6.45, 7) is 1.57. The summed E-state index contributed by atoms with van der Waals surface area (Å²) in [5.74, 6) is 0.698. The number of piperidine rings is 1. The summed E-state index contributed by atoms with van der Waals surface area (Å²) in [5, 5.41) is 0. The summed E-state index contributed by atoms with van der Waals surface area (Å²) in [5.41, 5.74) is 5.31. The third-order valence-electron chi connectivity index (χ3n) is 4.86. The van der Waals surface area contributed by atoms with Crippen molar-refractivity contribution in [3.8, 4) is 5.75 Å². The molecule has 1 aromatic carbocycles. The molecule has 3 rings (SSSR count). The molecule has 1 aliphatic heterocycles. The van der Waals surface area contributed by atoms with Gasteiger partial charge in [0, 0.05) is 27.2 Å². The van der Waals surface area contributed by atoms with Gasteiger partial charge in [0.15, 0.2) is 5.82 Å². The first-order chi connectivity index (χ1) is 14.7. The van der Waals surface area contributed by atoms with Crippen LogP contribution >= 0.6 is 0 Å². The van der Waals surface area contributed by atoms with Crippen LogP contribution in [-0.4, -0.2) is 63.6 Å². The van der Waals surface area contributed by atoms with Crippen LogP contribution in [0.3, 0.4) is 0 Å². The van der Waals surface area contributed by atoms with Crippen LogP contribution in [-0.2, 0) is 16.6 Å². The first-order valence-corrected chi connectivity index (χ1v) is 11.3. The normalized spacial score (nSPS) is 14.4. The highest BCUT2D eigenvalue weighted by atomic mass is 32.2. The molecule has 1 aromatic heterocycles. The van der Waals surface area contributed by atoms with Gasteiger partial charge in [-0.2, -0.15) is 15.0 Å². The third kappa shape index (κ3) is 5.39. The van der Waals surface area contributed by atoms with Crippen LogP contribution < -0.4 is 25.0 Å². The van der Waals surface area contributed by atoms with Crippen LogP contribution in [0.15, 0.2) is 23.1 Å². The van der Waals surface area contributed by atoms with E-state index in [4.69, 9.17) is 10.5 Å². The highest BCUT2D eigenvalue weighted by molar-refractivity contribution is 7.89. The molecule has 1 saturated heterocycles. The lowest BCUT2D eigenvalue weighted by atomic mass is 10.1. The zero-order valence-corrected chi connectivity index (χ0v) is 18.6. The number of carbonyl (C=O) groups excluding carboxylic acids is 1. The molecule has 0 bridgehead atoms. The lowest BCUT2D eigenvalue weighted by molar-refractivity contribution is 0.0997. The summed E-state index contributed by atoms with van der Waals surface area (Å²) in [4.78, 5) is 28.7. The molecule has 31 heavy (non-hydrogen) atoms. The van der Waals surface area contributed by atoms with Crippen LogP contribution in [0.25, 0.3) is 0 Å². The molecule has 0 unspecified atom stereocenters. The molecule has 168 valence electrons. The number of methoxy groups -OCH3 is 1. The van der Waals surface area contributed by atoms with E-state index in [1.807, 2.05) is 14.1 Å². The highest BCUT2D eigenvalue weighted by Crippen LogP contribution is 2.22. The molecule has 0 atom stereocenters. The van der Waals surface area contributed by atoms with Crippen molar-refractivity contribution in [2.45, 2.75) is 30.7 Å². The van der Waals surface area contributed by atoms with E-state index in [1.54, 1.807) is 4.90 Å². The number of anilines is 2. The van der Waals surface area contributed by atoms with Crippen molar-refractivity contribution in [3.63, 3.8) is 0 Å². The van der Waals surface area contributed by atoms with Crippen molar-refractivity contribution >= 4 is 27.8 Å². The second-order valence-corrected chi connectivity index (χ2v) is 9.11. The molecule has 12 heteroatoms. The number of sulfonamides is 1. The van der Waals surface area contributed by atoms with Gasteiger partial charge in [-0.25, -0.2) is 13.1 Å². The molecule has 11 nitrogen and oxygen atoms in total. The summed E-state index contributed by atoms with van der Waals surface area (Å²) in [7, 11) is 1.04. The Hall–Kier alpha value is -2.99. The van der Waals surface area contributed by atoms with Crippen LogP contribution in [0.1, 0.15) is 35.4 Å². The number of benzene rings is 1. The van der Waals surface area contributed by atoms with Gasteiger partial charge in [0.2, 0.25) is 21.9 Å². The number of ether oxygens (including phenoxy) is 1. The van der Waals surface area contributed by atoms with Gasteiger partial charge < -0.3 is 20.3 Å². The average molecular weight is 450 g/mol. The topological polar surface area (TPSA) is 144 Å². The number of hydrogen-bond acceptors (Lipinski definition) is 9. The van der Waals surface area contributed by atoms with Gasteiger partial charge in [-0.3, -0.25) is 4.79 Å². The number of hydrogen-bond donors (Lipinski definition) is 2. The zero-order valence-electron chi connectivity index (χ0n) is 17.8. The van der Waals surface area contributed by atoms with Crippen LogP contribution in [0.4, 0.5) is 11.9 Å². The second-order valence-electron chi connectivity index (χ2n) is 7.34. The molecule has 2 aromatic rings. The second kappa shape index (κ2) is 9.43. The van der Waals surface area contributed by atoms with Crippen LogP contribution in [0.5, 0.6) is 5.75 Å². The number of nitrogens with two attached hydrogens (primary N) is 1. The standard InChI is InChI=1S/C19H27N7O4S/c1-25(2)18-22-16(23-19(24-18)26-9-5-4-6-10-26)12-21-31(28,29)13-7-8-15(30-3)14(11-13)17(20)27/h7-8,11,21H,4-6,9-10,12H2,1-3H3,(H2,20,27). The Kier molecular flexibility index (Phi) is 6.91. The Balaban J connectivity index is 1.84. The van der Waals surface area contributed by atoms with Crippen molar-refractivity contribution in [2.24, 2.45) is 5.73 Å². The molecular formula is C19H27N7O4S. The van der Waals surface area contributed by atoms with Crippen LogP contribution in [0, 0.1) is 0 Å². The van der Waals surface area contributed by atoms with Crippen molar-refractivity contribution in [1.82, 2.24) is 19.7 Å². The fourth-order valence-electron chi connectivity index (χ4n) is 3.20. The predicted octanol–water partition coefficient (Wildman–Crippen LogP) is 0.514. The Morgan fingerprint density at radius 2 is 1.90 bits per heavy atom. The minimum Gasteiger partial charge on any atom is -0.496 e. The van der Waals surface area contributed by atoms with E-state index in [9.17, 15) is 13.2 Å². The van der Waals surface area contributed by atoms with Gasteiger partial charge in [-0.05, 0) is 37.5 Å². The Morgan fingerprint density at radius 1 is 1.19 bits per heavy atom. The van der Waals surface area contributed by atoms with Gasteiger partial charge in [-0.1, -0.05) is 0 Å². The number of nitrogens with one attached hydrogen (secondary N) is 1. The highest BCUT2D eigenvalue weighted by Gasteiger charge is 2.21. The quantitative estimate of drug-likeness (QED) is 0.589. The van der Waals surface area contributed by atoms with Crippen molar-refractivity contribution in [3.05, 3.63) is 29.6 Å². The van der Waals surface area contributed by atoms with Crippen LogP contribution in [0.2, 0.25) is 0 Å². The fraction of sp³-hybridized carbons (Fsp3) is 0.474. The van der Waals surface area contributed by atoms with E-state index in [-0.39, 0.29) is 22.8 Å². The summed E-state index contributed by atoms with van der Waals surface area (Å²) in [6.07, 6.45) is 3.29. The number of aromatic nitrogens is 3. The van der Waals surface area contributed by atoms with E-state index in [1.165, 1.54) is 31.7 Å². The van der Waals surface area contributed by atoms with E-state index >= 15 is 0 Å². The largest absolute Gasteiger partial charge is 0.496 e. The maximum atomic E-state index is 12.8. The van der Waals surface area contributed by atoms with Gasteiger partial charge in [0.1, 0.15) is 5.75 Å². The smallest absolute Gasteiger partial charge is 0.252 e. The summed E-state index contributed by atoms with van der Waals surface area (Å²) < 4.78 is 33.1. The monoisotopic (exact) mass is 449 g/mol. The SMILES string of the molecule is COc1ccc(S(=O)(=O)NCc2nc(N(C)C)nc(N3CCCCC3)n2)cc1C(N)=O. The maximum Gasteiger partial charge on any atom is 0.252 e. The number of primary amides is 1. The minimum absolute atomic E-state index is 0.0205. The molecule has 3 N–H and O–H groups in total. The van der Waals surface area contributed by atoms with Crippen molar-refractivity contribution in [1.29, 1.82) is 0 Å². The first kappa shape index (κ1) is 22.7. The summed E-state index contributed by atoms with van der Waals surface area (Å²) >= 11 is 0. The minimum atomic E-state index is -3.95. The fourth-order valence-corrected chi connectivity index (χ4v) is 4.21. The van der Waals surface area contributed by atoms with E-state index in [2.05, 4.69) is 24.6 Å². The molecule has 0 saturated carbocycles. The number of amides is 1. The zero-order chi connectivity index (χ0) is 22.6. The Labute approximate surface area is 181 Å². The predicted molar refractivity (Wildman–Crippen MR) is 116 cm³/mol. The number of nitrogens with zero attached hydrogens (tertiary/aromatic N) is 5. The molecule has 0 radical (unpaired) electrons. The molecule has 1 aliphatic rings. The molecule has 1 fully saturated rings. The Morgan fingerprint density at radius 3 is 2.52 bits per heavy atom. The lowest BCUT2D eigenvalue weighted by Gasteiger charge is -2.27.